The monoisotopic (exact) mass is 283 g/mol. The van der Waals surface area contributed by atoms with Gasteiger partial charge in [0.2, 0.25) is 0 Å². The van der Waals surface area contributed by atoms with E-state index in [2.05, 4.69) is 5.32 Å². The molecule has 0 bridgehead atoms. The van der Waals surface area contributed by atoms with Crippen molar-refractivity contribution in [2.45, 2.75) is 24.2 Å². The SMILES string of the molecule is CS(=O)(=O)c1ccccc1OCCC1CCCNC1. The zero-order valence-electron chi connectivity index (χ0n) is 11.3. The third-order valence-corrected chi connectivity index (χ3v) is 4.57. The van der Waals surface area contributed by atoms with Gasteiger partial charge in [0, 0.05) is 6.26 Å². The van der Waals surface area contributed by atoms with Gasteiger partial charge in [0.1, 0.15) is 10.6 Å². The van der Waals surface area contributed by atoms with Crippen molar-refractivity contribution in [2.24, 2.45) is 5.92 Å². The van der Waals surface area contributed by atoms with Gasteiger partial charge in [-0.3, -0.25) is 0 Å². The number of rotatable bonds is 5. The van der Waals surface area contributed by atoms with Crippen LogP contribution in [0.3, 0.4) is 0 Å². The van der Waals surface area contributed by atoms with Gasteiger partial charge in [-0.25, -0.2) is 8.42 Å². The molecule has 1 atom stereocenters. The minimum atomic E-state index is -3.23. The molecule has 1 unspecified atom stereocenters. The Hall–Kier alpha value is -1.07. The van der Waals surface area contributed by atoms with Gasteiger partial charge in [-0.2, -0.15) is 0 Å². The summed E-state index contributed by atoms with van der Waals surface area (Å²) in [7, 11) is -3.23. The Morgan fingerprint density at radius 2 is 2.16 bits per heavy atom. The van der Waals surface area contributed by atoms with Crippen molar-refractivity contribution in [3.63, 3.8) is 0 Å². The Kier molecular flexibility index (Phi) is 4.82. The van der Waals surface area contributed by atoms with Crippen molar-refractivity contribution >= 4 is 9.84 Å². The van der Waals surface area contributed by atoms with Gasteiger partial charge in [0.25, 0.3) is 0 Å². The molecule has 4 nitrogen and oxygen atoms in total. The van der Waals surface area contributed by atoms with Gasteiger partial charge in [-0.1, -0.05) is 12.1 Å². The molecule has 2 rings (SSSR count). The molecule has 19 heavy (non-hydrogen) atoms. The Labute approximate surface area is 115 Å². The van der Waals surface area contributed by atoms with Crippen molar-refractivity contribution < 1.29 is 13.2 Å². The highest BCUT2D eigenvalue weighted by Gasteiger charge is 2.15. The van der Waals surface area contributed by atoms with Crippen LogP contribution in [0, 0.1) is 5.92 Å². The molecule has 1 aliphatic rings. The highest BCUT2D eigenvalue weighted by atomic mass is 32.2. The number of hydrogen-bond acceptors (Lipinski definition) is 4. The van der Waals surface area contributed by atoms with Crippen molar-refractivity contribution in [1.29, 1.82) is 0 Å². The van der Waals surface area contributed by atoms with Crippen LogP contribution in [0.1, 0.15) is 19.3 Å². The van der Waals surface area contributed by atoms with Crippen LogP contribution in [0.15, 0.2) is 29.2 Å². The predicted octanol–water partition coefficient (Wildman–Crippen LogP) is 1.86. The fourth-order valence-corrected chi connectivity index (χ4v) is 3.20. The summed E-state index contributed by atoms with van der Waals surface area (Å²) in [5.41, 5.74) is 0. The zero-order chi connectivity index (χ0) is 13.7. The summed E-state index contributed by atoms with van der Waals surface area (Å²) < 4.78 is 28.9. The maximum Gasteiger partial charge on any atom is 0.179 e. The lowest BCUT2D eigenvalue weighted by atomic mass is 9.97. The average molecular weight is 283 g/mol. The predicted molar refractivity (Wildman–Crippen MR) is 75.3 cm³/mol. The number of sulfone groups is 1. The quantitative estimate of drug-likeness (QED) is 0.896. The molecule has 106 valence electrons. The van der Waals surface area contributed by atoms with E-state index in [4.69, 9.17) is 4.74 Å². The molecule has 1 aromatic carbocycles. The molecule has 0 aromatic heterocycles. The van der Waals surface area contributed by atoms with Crippen LogP contribution in [0.25, 0.3) is 0 Å². The molecule has 0 amide bonds. The molecule has 1 aliphatic heterocycles. The number of para-hydroxylation sites is 1. The third kappa shape index (κ3) is 4.21. The number of hydrogen-bond donors (Lipinski definition) is 1. The minimum Gasteiger partial charge on any atom is -0.492 e. The molecule has 1 aromatic rings. The normalized spacial score (nSPS) is 20.2. The van der Waals surface area contributed by atoms with Crippen LogP contribution in [0.5, 0.6) is 5.75 Å². The number of piperidine rings is 1. The Morgan fingerprint density at radius 1 is 1.37 bits per heavy atom. The second kappa shape index (κ2) is 6.39. The topological polar surface area (TPSA) is 55.4 Å². The second-order valence-corrected chi connectivity index (χ2v) is 7.05. The lowest BCUT2D eigenvalue weighted by Gasteiger charge is -2.22. The minimum absolute atomic E-state index is 0.275. The molecule has 0 saturated carbocycles. The van der Waals surface area contributed by atoms with E-state index in [9.17, 15) is 8.42 Å². The van der Waals surface area contributed by atoms with Crippen molar-refractivity contribution in [3.05, 3.63) is 24.3 Å². The van der Waals surface area contributed by atoms with E-state index in [0.29, 0.717) is 18.3 Å². The Balaban J connectivity index is 1.92. The zero-order valence-corrected chi connectivity index (χ0v) is 12.1. The van der Waals surface area contributed by atoms with Gasteiger partial charge < -0.3 is 10.1 Å². The maximum atomic E-state index is 11.6. The van der Waals surface area contributed by atoms with E-state index in [1.165, 1.54) is 19.1 Å². The first-order chi connectivity index (χ1) is 9.07. The lowest BCUT2D eigenvalue weighted by molar-refractivity contribution is 0.250. The van der Waals surface area contributed by atoms with E-state index in [0.717, 1.165) is 19.5 Å². The van der Waals surface area contributed by atoms with Crippen molar-refractivity contribution in [1.82, 2.24) is 5.32 Å². The van der Waals surface area contributed by atoms with E-state index in [1.54, 1.807) is 24.3 Å². The van der Waals surface area contributed by atoms with Gasteiger partial charge >= 0.3 is 0 Å². The third-order valence-electron chi connectivity index (χ3n) is 3.43. The molecule has 1 N–H and O–H groups in total. The number of benzene rings is 1. The van der Waals surface area contributed by atoms with E-state index >= 15 is 0 Å². The first-order valence-electron chi connectivity index (χ1n) is 6.70. The fraction of sp³-hybridized carbons (Fsp3) is 0.571. The van der Waals surface area contributed by atoms with Crippen LogP contribution < -0.4 is 10.1 Å². The van der Waals surface area contributed by atoms with Crippen LogP contribution >= 0.6 is 0 Å². The standard InChI is InChI=1S/C14H21NO3S/c1-19(16,17)14-7-3-2-6-13(14)18-10-8-12-5-4-9-15-11-12/h2-3,6-7,12,15H,4-5,8-11H2,1H3. The molecule has 1 heterocycles. The van der Waals surface area contributed by atoms with Crippen molar-refractivity contribution in [3.8, 4) is 5.75 Å². The van der Waals surface area contributed by atoms with E-state index < -0.39 is 9.84 Å². The van der Waals surface area contributed by atoms with E-state index in [-0.39, 0.29) is 4.90 Å². The molecular formula is C14H21NO3S. The lowest BCUT2D eigenvalue weighted by Crippen LogP contribution is -2.30. The van der Waals surface area contributed by atoms with Gasteiger partial charge in [-0.15, -0.1) is 0 Å². The Morgan fingerprint density at radius 3 is 2.84 bits per heavy atom. The Bertz CT molecular complexity index is 507. The first kappa shape index (κ1) is 14.3. The largest absolute Gasteiger partial charge is 0.492 e. The number of nitrogens with one attached hydrogen (secondary N) is 1. The van der Waals surface area contributed by atoms with Crippen molar-refractivity contribution in [2.75, 3.05) is 26.0 Å². The summed E-state index contributed by atoms with van der Waals surface area (Å²) in [6, 6.07) is 6.82. The molecular weight excluding hydrogens is 262 g/mol. The highest BCUT2D eigenvalue weighted by molar-refractivity contribution is 7.90. The molecule has 0 spiro atoms. The molecule has 5 heteroatoms. The summed E-state index contributed by atoms with van der Waals surface area (Å²) in [5.74, 6) is 1.10. The summed E-state index contributed by atoms with van der Waals surface area (Å²) in [4.78, 5) is 0.275. The van der Waals surface area contributed by atoms with Crippen LogP contribution in [-0.4, -0.2) is 34.4 Å². The summed E-state index contributed by atoms with van der Waals surface area (Å²) in [6.45, 7) is 2.71. The highest BCUT2D eigenvalue weighted by Crippen LogP contribution is 2.24. The fourth-order valence-electron chi connectivity index (χ4n) is 2.38. The second-order valence-electron chi connectivity index (χ2n) is 5.07. The molecule has 0 radical (unpaired) electrons. The molecule has 1 fully saturated rings. The summed E-state index contributed by atoms with van der Waals surface area (Å²) in [5, 5.41) is 3.37. The van der Waals surface area contributed by atoms with Crippen LogP contribution in [-0.2, 0) is 9.84 Å². The van der Waals surface area contributed by atoms with Gasteiger partial charge in [-0.05, 0) is 50.4 Å². The summed E-state index contributed by atoms with van der Waals surface area (Å²) >= 11 is 0. The van der Waals surface area contributed by atoms with Gasteiger partial charge in [0.05, 0.1) is 6.61 Å². The van der Waals surface area contributed by atoms with Crippen LogP contribution in [0.4, 0.5) is 0 Å². The molecule has 1 saturated heterocycles. The summed E-state index contributed by atoms with van der Waals surface area (Å²) in [6.07, 6.45) is 4.61. The van der Waals surface area contributed by atoms with Gasteiger partial charge in [0.15, 0.2) is 9.84 Å². The smallest absolute Gasteiger partial charge is 0.179 e. The van der Waals surface area contributed by atoms with Crippen LogP contribution in [0.2, 0.25) is 0 Å². The maximum absolute atomic E-state index is 11.6. The van der Waals surface area contributed by atoms with E-state index in [1.807, 2.05) is 0 Å². The number of ether oxygens (including phenoxy) is 1. The average Bonchev–Trinajstić information content (AvgIpc) is 2.39. The molecule has 0 aliphatic carbocycles. The first-order valence-corrected chi connectivity index (χ1v) is 8.59.